The van der Waals surface area contributed by atoms with Crippen LogP contribution in [-0.4, -0.2) is 18.7 Å². The monoisotopic (exact) mass is 206 g/mol. The van der Waals surface area contributed by atoms with E-state index in [4.69, 9.17) is 4.74 Å². The number of rotatable bonds is 6. The fraction of sp³-hybridized carbons (Fsp3) is 0.273. The van der Waals surface area contributed by atoms with E-state index in [0.717, 1.165) is 5.56 Å². The highest BCUT2D eigenvalue weighted by Crippen LogP contribution is 2.01. The van der Waals surface area contributed by atoms with Crippen molar-refractivity contribution in [1.82, 2.24) is 5.43 Å². The number of hydrogen-bond donors (Lipinski definition) is 1. The summed E-state index contributed by atoms with van der Waals surface area (Å²) in [6.45, 7) is 2.40. The van der Waals surface area contributed by atoms with Crippen LogP contribution in [0.3, 0.4) is 0 Å². The van der Waals surface area contributed by atoms with Gasteiger partial charge >= 0.3 is 0 Å². The SMILES string of the molecule is C[C@@H](/C=N\NC=O)OCc1ccccc1. The first kappa shape index (κ1) is 11.4. The summed E-state index contributed by atoms with van der Waals surface area (Å²) in [5, 5.41) is 3.63. The van der Waals surface area contributed by atoms with Gasteiger partial charge in [0.2, 0.25) is 6.41 Å². The van der Waals surface area contributed by atoms with Gasteiger partial charge in [-0.2, -0.15) is 5.10 Å². The second-order valence-electron chi connectivity index (χ2n) is 3.03. The minimum atomic E-state index is -0.127. The van der Waals surface area contributed by atoms with Gasteiger partial charge in [0.05, 0.1) is 18.9 Å². The molecule has 1 N–H and O–H groups in total. The van der Waals surface area contributed by atoms with Crippen molar-refractivity contribution < 1.29 is 9.53 Å². The number of carbonyl (C=O) groups is 1. The summed E-state index contributed by atoms with van der Waals surface area (Å²) in [6.07, 6.45) is 1.93. The molecule has 4 nitrogen and oxygen atoms in total. The number of hydrogen-bond acceptors (Lipinski definition) is 3. The van der Waals surface area contributed by atoms with Gasteiger partial charge in [-0.25, -0.2) is 5.43 Å². The Bertz CT molecular complexity index is 312. The maximum absolute atomic E-state index is 9.90. The second kappa shape index (κ2) is 6.73. The fourth-order valence-electron chi connectivity index (χ4n) is 1.02. The molecule has 1 aromatic rings. The zero-order valence-electron chi connectivity index (χ0n) is 8.59. The van der Waals surface area contributed by atoms with Gasteiger partial charge in [-0.15, -0.1) is 0 Å². The first-order valence-corrected chi connectivity index (χ1v) is 4.71. The number of hydrazone groups is 1. The van der Waals surface area contributed by atoms with Crippen LogP contribution in [-0.2, 0) is 16.1 Å². The van der Waals surface area contributed by atoms with Gasteiger partial charge < -0.3 is 4.74 Å². The van der Waals surface area contributed by atoms with Crippen LogP contribution in [0, 0.1) is 0 Å². The summed E-state index contributed by atoms with van der Waals surface area (Å²) >= 11 is 0. The molecule has 15 heavy (non-hydrogen) atoms. The number of nitrogens with zero attached hydrogens (tertiary/aromatic N) is 1. The van der Waals surface area contributed by atoms with Crippen LogP contribution < -0.4 is 5.43 Å². The topological polar surface area (TPSA) is 50.7 Å². The van der Waals surface area contributed by atoms with Gasteiger partial charge in [0.25, 0.3) is 0 Å². The quantitative estimate of drug-likeness (QED) is 0.433. The van der Waals surface area contributed by atoms with E-state index in [-0.39, 0.29) is 6.10 Å². The molecule has 0 aliphatic heterocycles. The predicted molar refractivity (Wildman–Crippen MR) is 58.4 cm³/mol. The standard InChI is InChI=1S/C11H14N2O2/c1-10(7-12-13-9-14)15-8-11-5-3-2-4-6-11/h2-7,9-10H,8H2,1H3,(H,13,14)/b12-7-/t10-/m0/s1. The van der Waals surface area contributed by atoms with Gasteiger partial charge in [-0.3, -0.25) is 4.79 Å². The average molecular weight is 206 g/mol. The third kappa shape index (κ3) is 4.93. The molecule has 0 fully saturated rings. The molecule has 0 saturated heterocycles. The van der Waals surface area contributed by atoms with Crippen molar-refractivity contribution in [2.75, 3.05) is 0 Å². The number of ether oxygens (including phenoxy) is 1. The second-order valence-corrected chi connectivity index (χ2v) is 3.03. The maximum atomic E-state index is 9.90. The average Bonchev–Trinajstić information content (AvgIpc) is 2.28. The van der Waals surface area contributed by atoms with E-state index in [1.165, 1.54) is 6.21 Å². The van der Waals surface area contributed by atoms with Gasteiger partial charge in [-0.05, 0) is 12.5 Å². The molecule has 0 unspecified atom stereocenters. The Morgan fingerprint density at radius 2 is 2.20 bits per heavy atom. The Kier molecular flexibility index (Phi) is 5.11. The Labute approximate surface area is 88.9 Å². The summed E-state index contributed by atoms with van der Waals surface area (Å²) in [7, 11) is 0. The molecule has 0 spiro atoms. The molecule has 4 heteroatoms. The lowest BCUT2D eigenvalue weighted by Gasteiger charge is -2.07. The zero-order chi connectivity index (χ0) is 10.9. The molecule has 0 aliphatic rings. The van der Waals surface area contributed by atoms with Crippen LogP contribution >= 0.6 is 0 Å². The highest BCUT2D eigenvalue weighted by Gasteiger charge is 1.98. The molecule has 1 aromatic carbocycles. The minimum absolute atomic E-state index is 0.127. The van der Waals surface area contributed by atoms with Crippen LogP contribution in [0.1, 0.15) is 12.5 Å². The van der Waals surface area contributed by atoms with Crippen molar-refractivity contribution in [3.05, 3.63) is 35.9 Å². The van der Waals surface area contributed by atoms with E-state index in [0.29, 0.717) is 13.0 Å². The van der Waals surface area contributed by atoms with Crippen molar-refractivity contribution in [3.63, 3.8) is 0 Å². The Morgan fingerprint density at radius 3 is 2.87 bits per heavy atom. The summed E-state index contributed by atoms with van der Waals surface area (Å²) in [6, 6.07) is 9.88. The Balaban J connectivity index is 2.28. The van der Waals surface area contributed by atoms with Crippen LogP contribution in [0.2, 0.25) is 0 Å². The first-order valence-electron chi connectivity index (χ1n) is 4.71. The van der Waals surface area contributed by atoms with Crippen LogP contribution in [0.5, 0.6) is 0 Å². The summed E-state index contributed by atoms with van der Waals surface area (Å²) in [5.41, 5.74) is 3.30. The first-order chi connectivity index (χ1) is 7.33. The third-order valence-corrected chi connectivity index (χ3v) is 1.77. The summed E-state index contributed by atoms with van der Waals surface area (Å²) in [4.78, 5) is 9.90. The van der Waals surface area contributed by atoms with Crippen LogP contribution in [0.15, 0.2) is 35.4 Å². The van der Waals surface area contributed by atoms with Crippen molar-refractivity contribution >= 4 is 12.6 Å². The lowest BCUT2D eigenvalue weighted by atomic mass is 10.2. The molecule has 80 valence electrons. The molecule has 1 amide bonds. The number of benzene rings is 1. The lowest BCUT2D eigenvalue weighted by Crippen LogP contribution is -2.12. The van der Waals surface area contributed by atoms with E-state index in [1.54, 1.807) is 0 Å². The summed E-state index contributed by atoms with van der Waals surface area (Å²) in [5.74, 6) is 0. The molecule has 0 aliphatic carbocycles. The highest BCUT2D eigenvalue weighted by molar-refractivity contribution is 5.63. The highest BCUT2D eigenvalue weighted by atomic mass is 16.5. The Hall–Kier alpha value is -1.68. The molecule has 1 rings (SSSR count). The maximum Gasteiger partial charge on any atom is 0.227 e. The number of amides is 1. The van der Waals surface area contributed by atoms with Gasteiger partial charge in [-0.1, -0.05) is 30.3 Å². The van der Waals surface area contributed by atoms with Gasteiger partial charge in [0.15, 0.2) is 0 Å². The molecule has 0 bridgehead atoms. The van der Waals surface area contributed by atoms with Crippen molar-refractivity contribution in [2.24, 2.45) is 5.10 Å². The lowest BCUT2D eigenvalue weighted by molar-refractivity contribution is -0.109. The van der Waals surface area contributed by atoms with Crippen LogP contribution in [0.25, 0.3) is 0 Å². The third-order valence-electron chi connectivity index (χ3n) is 1.77. The molecule has 0 radical (unpaired) electrons. The molecular formula is C11H14N2O2. The molecular weight excluding hydrogens is 192 g/mol. The van der Waals surface area contributed by atoms with Crippen molar-refractivity contribution in [3.8, 4) is 0 Å². The van der Waals surface area contributed by atoms with Crippen molar-refractivity contribution in [2.45, 2.75) is 19.6 Å². The predicted octanol–water partition coefficient (Wildman–Crippen LogP) is 1.32. The van der Waals surface area contributed by atoms with Gasteiger partial charge in [0.1, 0.15) is 0 Å². The normalized spacial score (nSPS) is 12.6. The molecule has 0 saturated carbocycles. The minimum Gasteiger partial charge on any atom is -0.368 e. The van der Waals surface area contributed by atoms with Crippen molar-refractivity contribution in [1.29, 1.82) is 0 Å². The van der Waals surface area contributed by atoms with Crippen LogP contribution in [0.4, 0.5) is 0 Å². The largest absolute Gasteiger partial charge is 0.368 e. The van der Waals surface area contributed by atoms with E-state index in [2.05, 4.69) is 10.5 Å². The summed E-state index contributed by atoms with van der Waals surface area (Å²) < 4.78 is 5.47. The van der Waals surface area contributed by atoms with E-state index < -0.39 is 0 Å². The zero-order valence-corrected chi connectivity index (χ0v) is 8.59. The van der Waals surface area contributed by atoms with E-state index >= 15 is 0 Å². The number of nitrogens with one attached hydrogen (secondary N) is 1. The van der Waals surface area contributed by atoms with E-state index in [1.807, 2.05) is 37.3 Å². The number of carbonyl (C=O) groups excluding carboxylic acids is 1. The van der Waals surface area contributed by atoms with E-state index in [9.17, 15) is 4.79 Å². The molecule has 1 atom stereocenters. The Morgan fingerprint density at radius 1 is 1.47 bits per heavy atom. The van der Waals surface area contributed by atoms with Gasteiger partial charge in [0, 0.05) is 0 Å². The smallest absolute Gasteiger partial charge is 0.227 e. The molecule has 0 aromatic heterocycles. The fourth-order valence-corrected chi connectivity index (χ4v) is 1.02. The molecule has 0 heterocycles.